The minimum atomic E-state index is -0.631. The van der Waals surface area contributed by atoms with Crippen LogP contribution >= 0.6 is 0 Å². The number of rotatable bonds is 3. The summed E-state index contributed by atoms with van der Waals surface area (Å²) >= 11 is 0. The second-order valence-electron chi connectivity index (χ2n) is 6.17. The zero-order valence-corrected chi connectivity index (χ0v) is 12.2. The fraction of sp³-hybridized carbons (Fsp3) is 0.500. The molecule has 1 heterocycles. The Morgan fingerprint density at radius 1 is 1.25 bits per heavy atom. The van der Waals surface area contributed by atoms with Crippen molar-refractivity contribution in [2.24, 2.45) is 5.92 Å². The van der Waals surface area contributed by atoms with Crippen molar-refractivity contribution in [2.45, 2.75) is 51.0 Å². The van der Waals surface area contributed by atoms with Crippen molar-refractivity contribution >= 4 is 10.9 Å². The molecule has 1 saturated carbocycles. The van der Waals surface area contributed by atoms with Crippen molar-refractivity contribution in [1.82, 2.24) is 4.98 Å². The summed E-state index contributed by atoms with van der Waals surface area (Å²) in [4.78, 5) is 4.34. The van der Waals surface area contributed by atoms with Crippen molar-refractivity contribution in [3.63, 3.8) is 0 Å². The molecule has 0 aliphatic heterocycles. The molecule has 1 aromatic heterocycles. The van der Waals surface area contributed by atoms with Gasteiger partial charge >= 0.3 is 0 Å². The molecular weight excluding hydrogens is 246 g/mol. The molecule has 0 unspecified atom stereocenters. The Bertz CT molecular complexity index is 585. The Morgan fingerprint density at radius 2 is 2.05 bits per heavy atom. The van der Waals surface area contributed by atoms with Gasteiger partial charge in [-0.15, -0.1) is 0 Å². The molecule has 2 nitrogen and oxygen atoms in total. The molecule has 0 radical (unpaired) electrons. The van der Waals surface area contributed by atoms with Gasteiger partial charge in [-0.3, -0.25) is 4.98 Å². The molecule has 2 heteroatoms. The van der Waals surface area contributed by atoms with E-state index in [0.717, 1.165) is 48.1 Å². The van der Waals surface area contributed by atoms with Crippen LogP contribution in [0.5, 0.6) is 0 Å². The van der Waals surface area contributed by atoms with Gasteiger partial charge in [-0.05, 0) is 55.4 Å². The van der Waals surface area contributed by atoms with Gasteiger partial charge in [-0.2, -0.15) is 0 Å². The molecule has 0 atom stereocenters. The summed E-state index contributed by atoms with van der Waals surface area (Å²) in [5.74, 6) is 0.808. The SMILES string of the molecule is CCCC1CCC(O)(c2ccc3ncccc3c2)CC1. The minimum absolute atomic E-state index is 0.631. The quantitative estimate of drug-likeness (QED) is 0.895. The van der Waals surface area contributed by atoms with Crippen LogP contribution in [0.1, 0.15) is 51.0 Å². The highest BCUT2D eigenvalue weighted by molar-refractivity contribution is 5.79. The fourth-order valence-electron chi connectivity index (χ4n) is 3.51. The van der Waals surface area contributed by atoms with Crippen molar-refractivity contribution in [3.8, 4) is 0 Å². The largest absolute Gasteiger partial charge is 0.385 e. The highest BCUT2D eigenvalue weighted by Gasteiger charge is 2.34. The Labute approximate surface area is 120 Å². The molecule has 106 valence electrons. The van der Waals surface area contributed by atoms with Crippen LogP contribution in [0, 0.1) is 5.92 Å². The number of aliphatic hydroxyl groups is 1. The Hall–Kier alpha value is -1.41. The van der Waals surface area contributed by atoms with Crippen LogP contribution in [0.4, 0.5) is 0 Å². The van der Waals surface area contributed by atoms with E-state index >= 15 is 0 Å². The van der Waals surface area contributed by atoms with Crippen LogP contribution in [0.3, 0.4) is 0 Å². The number of hydrogen-bond donors (Lipinski definition) is 1. The highest BCUT2D eigenvalue weighted by Crippen LogP contribution is 2.41. The van der Waals surface area contributed by atoms with Crippen LogP contribution in [0.25, 0.3) is 10.9 Å². The maximum Gasteiger partial charge on any atom is 0.0897 e. The fourth-order valence-corrected chi connectivity index (χ4v) is 3.51. The van der Waals surface area contributed by atoms with Gasteiger partial charge in [0.15, 0.2) is 0 Å². The highest BCUT2D eigenvalue weighted by atomic mass is 16.3. The number of pyridine rings is 1. The van der Waals surface area contributed by atoms with Gasteiger partial charge in [0.1, 0.15) is 0 Å². The molecule has 3 rings (SSSR count). The van der Waals surface area contributed by atoms with E-state index in [4.69, 9.17) is 0 Å². The summed E-state index contributed by atoms with van der Waals surface area (Å²) in [5.41, 5.74) is 1.43. The molecule has 0 spiro atoms. The number of hydrogen-bond acceptors (Lipinski definition) is 2. The van der Waals surface area contributed by atoms with Gasteiger partial charge in [0.25, 0.3) is 0 Å². The normalized spacial score (nSPS) is 26.8. The summed E-state index contributed by atoms with van der Waals surface area (Å²) in [6, 6.07) is 10.2. The molecule has 1 N–H and O–H groups in total. The zero-order valence-electron chi connectivity index (χ0n) is 12.2. The summed E-state index contributed by atoms with van der Waals surface area (Å²) < 4.78 is 0. The van der Waals surface area contributed by atoms with Gasteiger partial charge in [0.2, 0.25) is 0 Å². The van der Waals surface area contributed by atoms with Gasteiger partial charge in [-0.25, -0.2) is 0 Å². The number of nitrogens with zero attached hydrogens (tertiary/aromatic N) is 1. The third-order valence-electron chi connectivity index (χ3n) is 4.77. The van der Waals surface area contributed by atoms with Gasteiger partial charge < -0.3 is 5.11 Å². The first kappa shape index (κ1) is 13.6. The number of benzene rings is 1. The van der Waals surface area contributed by atoms with E-state index < -0.39 is 5.60 Å². The standard InChI is InChI=1S/C18H23NO/c1-2-4-14-8-10-18(20,11-9-14)16-6-7-17-15(13-16)5-3-12-19-17/h3,5-7,12-14,20H,2,4,8-11H2,1H3. The Kier molecular flexibility index (Phi) is 3.75. The lowest BCUT2D eigenvalue weighted by atomic mass is 9.74. The first-order valence-electron chi connectivity index (χ1n) is 7.79. The van der Waals surface area contributed by atoms with Crippen molar-refractivity contribution in [3.05, 3.63) is 42.1 Å². The van der Waals surface area contributed by atoms with Crippen molar-refractivity contribution < 1.29 is 5.11 Å². The van der Waals surface area contributed by atoms with E-state index in [0.29, 0.717) is 0 Å². The third-order valence-corrected chi connectivity index (χ3v) is 4.77. The van der Waals surface area contributed by atoms with E-state index in [9.17, 15) is 5.11 Å². The average molecular weight is 269 g/mol. The smallest absolute Gasteiger partial charge is 0.0897 e. The second-order valence-corrected chi connectivity index (χ2v) is 6.17. The van der Waals surface area contributed by atoms with Crippen LogP contribution in [0.2, 0.25) is 0 Å². The maximum atomic E-state index is 11.0. The van der Waals surface area contributed by atoms with E-state index in [1.165, 1.54) is 12.8 Å². The average Bonchev–Trinajstić information content (AvgIpc) is 2.49. The molecule has 1 aliphatic rings. The number of aromatic nitrogens is 1. The molecule has 1 fully saturated rings. The molecule has 0 saturated heterocycles. The first-order chi connectivity index (χ1) is 9.71. The molecule has 0 amide bonds. The predicted molar refractivity (Wildman–Crippen MR) is 82.5 cm³/mol. The summed E-state index contributed by atoms with van der Waals surface area (Å²) in [5, 5.41) is 12.1. The van der Waals surface area contributed by atoms with Crippen LogP contribution in [-0.2, 0) is 5.60 Å². The Morgan fingerprint density at radius 3 is 2.80 bits per heavy atom. The summed E-state index contributed by atoms with van der Waals surface area (Å²) in [6.45, 7) is 2.25. The predicted octanol–water partition coefficient (Wildman–Crippen LogP) is 4.41. The first-order valence-corrected chi connectivity index (χ1v) is 7.79. The van der Waals surface area contributed by atoms with Gasteiger partial charge in [0, 0.05) is 11.6 Å². The minimum Gasteiger partial charge on any atom is -0.385 e. The summed E-state index contributed by atoms with van der Waals surface area (Å²) in [6.07, 6.45) is 8.45. The topological polar surface area (TPSA) is 33.1 Å². The van der Waals surface area contributed by atoms with E-state index in [2.05, 4.69) is 30.1 Å². The molecular formula is C18H23NO. The monoisotopic (exact) mass is 269 g/mol. The lowest BCUT2D eigenvalue weighted by Gasteiger charge is -2.36. The molecule has 20 heavy (non-hydrogen) atoms. The van der Waals surface area contributed by atoms with Crippen LogP contribution in [0.15, 0.2) is 36.5 Å². The molecule has 2 aromatic rings. The molecule has 1 aliphatic carbocycles. The van der Waals surface area contributed by atoms with Crippen molar-refractivity contribution in [2.75, 3.05) is 0 Å². The van der Waals surface area contributed by atoms with Crippen LogP contribution in [-0.4, -0.2) is 10.1 Å². The van der Waals surface area contributed by atoms with E-state index in [1.54, 1.807) is 0 Å². The second kappa shape index (κ2) is 5.53. The van der Waals surface area contributed by atoms with E-state index in [-0.39, 0.29) is 0 Å². The molecule has 0 bridgehead atoms. The third kappa shape index (κ3) is 2.57. The summed E-state index contributed by atoms with van der Waals surface area (Å²) in [7, 11) is 0. The zero-order chi connectivity index (χ0) is 14.0. The Balaban J connectivity index is 1.83. The van der Waals surface area contributed by atoms with E-state index in [1.807, 2.05) is 18.3 Å². The maximum absolute atomic E-state index is 11.0. The van der Waals surface area contributed by atoms with Crippen LogP contribution < -0.4 is 0 Å². The molecule has 1 aromatic carbocycles. The van der Waals surface area contributed by atoms with Gasteiger partial charge in [-0.1, -0.05) is 31.9 Å². The lowest BCUT2D eigenvalue weighted by Crippen LogP contribution is -2.31. The van der Waals surface area contributed by atoms with Gasteiger partial charge in [0.05, 0.1) is 11.1 Å². The lowest BCUT2D eigenvalue weighted by molar-refractivity contribution is -0.0151. The number of fused-ring (bicyclic) bond motifs is 1. The van der Waals surface area contributed by atoms with Crippen molar-refractivity contribution in [1.29, 1.82) is 0 Å².